The van der Waals surface area contributed by atoms with Crippen LogP contribution in [0, 0.1) is 13.8 Å². The summed E-state index contributed by atoms with van der Waals surface area (Å²) in [6.45, 7) is 4.12. The number of aryl methyl sites for hydroxylation is 1. The van der Waals surface area contributed by atoms with Crippen molar-refractivity contribution in [2.45, 2.75) is 25.9 Å². The van der Waals surface area contributed by atoms with Gasteiger partial charge in [0.2, 0.25) is 0 Å². The SMILES string of the molecule is Cc1cc([C@@H]2[C@@H](c3ccccn3)NC(=S)N2c2ccc(Cl)cc2)c(C)n1-c1ccccc1O. The summed E-state index contributed by atoms with van der Waals surface area (Å²) in [6, 6.07) is 22.9. The summed E-state index contributed by atoms with van der Waals surface area (Å²) in [7, 11) is 0. The molecular formula is C26H23ClN4OS. The number of thiocarbonyl (C=S) groups is 1. The molecule has 33 heavy (non-hydrogen) atoms. The van der Waals surface area contributed by atoms with E-state index in [0.29, 0.717) is 10.1 Å². The van der Waals surface area contributed by atoms with Crippen molar-refractivity contribution in [2.24, 2.45) is 0 Å². The van der Waals surface area contributed by atoms with Gasteiger partial charge in [0.15, 0.2) is 5.11 Å². The van der Waals surface area contributed by atoms with Crippen molar-refractivity contribution in [1.29, 1.82) is 0 Å². The van der Waals surface area contributed by atoms with Gasteiger partial charge in [0.25, 0.3) is 0 Å². The maximum Gasteiger partial charge on any atom is 0.174 e. The Morgan fingerprint density at radius 2 is 1.73 bits per heavy atom. The lowest BCUT2D eigenvalue weighted by Gasteiger charge is -2.28. The quantitative estimate of drug-likeness (QED) is 0.354. The standard InChI is InChI=1S/C26H23ClN4OS/c1-16-15-20(17(2)30(16)22-8-3-4-9-23(22)32)25-24(21-7-5-6-14-28-21)29-26(33)31(25)19-12-10-18(27)11-13-19/h3-15,24-25,32H,1-2H3,(H,29,33)/t24-,25-/m1/s1. The minimum absolute atomic E-state index is 0.139. The van der Waals surface area contributed by atoms with Crippen molar-refractivity contribution >= 4 is 34.6 Å². The van der Waals surface area contributed by atoms with Crippen LogP contribution in [-0.4, -0.2) is 19.8 Å². The third-order valence-electron chi connectivity index (χ3n) is 6.11. The lowest BCUT2D eigenvalue weighted by atomic mass is 9.96. The number of benzene rings is 2. The molecule has 5 nitrogen and oxygen atoms in total. The van der Waals surface area contributed by atoms with Crippen LogP contribution in [0.15, 0.2) is 79.0 Å². The smallest absolute Gasteiger partial charge is 0.174 e. The van der Waals surface area contributed by atoms with Gasteiger partial charge < -0.3 is 19.9 Å². The van der Waals surface area contributed by atoms with Gasteiger partial charge >= 0.3 is 0 Å². The summed E-state index contributed by atoms with van der Waals surface area (Å²) in [5.74, 6) is 0.238. The van der Waals surface area contributed by atoms with Crippen LogP contribution in [0.4, 0.5) is 5.69 Å². The Kier molecular flexibility index (Phi) is 5.56. The number of aromatic nitrogens is 2. The number of phenols is 1. The number of aromatic hydroxyl groups is 1. The molecule has 1 aliphatic rings. The van der Waals surface area contributed by atoms with Gasteiger partial charge in [-0.3, -0.25) is 4.98 Å². The van der Waals surface area contributed by atoms with Crippen molar-refractivity contribution < 1.29 is 5.11 Å². The molecule has 7 heteroatoms. The lowest BCUT2D eigenvalue weighted by molar-refractivity contribution is 0.471. The number of anilines is 1. The van der Waals surface area contributed by atoms with Gasteiger partial charge in [0.1, 0.15) is 5.75 Å². The van der Waals surface area contributed by atoms with E-state index >= 15 is 0 Å². The molecule has 0 bridgehead atoms. The molecule has 2 atom stereocenters. The molecule has 0 aliphatic carbocycles. The van der Waals surface area contributed by atoms with Gasteiger partial charge in [0.05, 0.1) is 23.5 Å². The second-order valence-electron chi connectivity index (χ2n) is 8.12. The molecule has 0 amide bonds. The molecular weight excluding hydrogens is 452 g/mol. The van der Waals surface area contributed by atoms with E-state index in [1.165, 1.54) is 0 Å². The molecule has 1 saturated heterocycles. The molecule has 2 aromatic carbocycles. The highest BCUT2D eigenvalue weighted by molar-refractivity contribution is 7.80. The van der Waals surface area contributed by atoms with Crippen molar-refractivity contribution in [3.05, 3.63) is 107 Å². The summed E-state index contributed by atoms with van der Waals surface area (Å²) >= 11 is 12.0. The summed E-state index contributed by atoms with van der Waals surface area (Å²) in [4.78, 5) is 6.75. The number of pyridine rings is 1. The Morgan fingerprint density at radius 1 is 1.00 bits per heavy atom. The third-order valence-corrected chi connectivity index (χ3v) is 6.68. The van der Waals surface area contributed by atoms with Crippen LogP contribution < -0.4 is 10.2 Å². The molecule has 0 saturated carbocycles. The van der Waals surface area contributed by atoms with Gasteiger partial charge in [-0.2, -0.15) is 0 Å². The van der Waals surface area contributed by atoms with E-state index in [-0.39, 0.29) is 17.8 Å². The highest BCUT2D eigenvalue weighted by atomic mass is 35.5. The van der Waals surface area contributed by atoms with E-state index in [1.807, 2.05) is 67.6 Å². The fourth-order valence-corrected chi connectivity index (χ4v) is 5.13. The average molecular weight is 475 g/mol. The van der Waals surface area contributed by atoms with E-state index in [2.05, 4.69) is 32.8 Å². The van der Waals surface area contributed by atoms with Gasteiger partial charge in [-0.15, -0.1) is 0 Å². The van der Waals surface area contributed by atoms with E-state index in [9.17, 15) is 5.11 Å². The van der Waals surface area contributed by atoms with Crippen molar-refractivity contribution in [3.8, 4) is 11.4 Å². The topological polar surface area (TPSA) is 53.3 Å². The predicted molar refractivity (Wildman–Crippen MR) is 136 cm³/mol. The number of para-hydroxylation sites is 2. The summed E-state index contributed by atoms with van der Waals surface area (Å²) in [5, 5.41) is 15.3. The molecule has 4 aromatic rings. The highest BCUT2D eigenvalue weighted by Crippen LogP contribution is 2.44. The molecule has 1 fully saturated rings. The molecule has 166 valence electrons. The van der Waals surface area contributed by atoms with Crippen molar-refractivity contribution in [3.63, 3.8) is 0 Å². The van der Waals surface area contributed by atoms with Gasteiger partial charge in [-0.1, -0.05) is 29.8 Å². The Hall–Kier alpha value is -3.35. The average Bonchev–Trinajstić information content (AvgIpc) is 3.31. The fraction of sp³-hybridized carbons (Fsp3) is 0.154. The molecule has 3 heterocycles. The van der Waals surface area contributed by atoms with Crippen molar-refractivity contribution in [1.82, 2.24) is 14.9 Å². The predicted octanol–water partition coefficient (Wildman–Crippen LogP) is 6.03. The largest absolute Gasteiger partial charge is 0.506 e. The third kappa shape index (κ3) is 3.75. The second-order valence-corrected chi connectivity index (χ2v) is 8.95. The number of phenolic OH excluding ortho intramolecular Hbond substituents is 1. The van der Waals surface area contributed by atoms with Crippen LogP contribution >= 0.6 is 23.8 Å². The first kappa shape index (κ1) is 21.5. The summed E-state index contributed by atoms with van der Waals surface area (Å²) in [6.07, 6.45) is 1.80. The van der Waals surface area contributed by atoms with E-state index in [0.717, 1.165) is 34.0 Å². The first-order valence-corrected chi connectivity index (χ1v) is 11.5. The Morgan fingerprint density at radius 3 is 2.42 bits per heavy atom. The monoisotopic (exact) mass is 474 g/mol. The fourth-order valence-electron chi connectivity index (χ4n) is 4.66. The Balaban J connectivity index is 1.69. The number of hydrogen-bond donors (Lipinski definition) is 2. The first-order chi connectivity index (χ1) is 16.0. The van der Waals surface area contributed by atoms with Crippen molar-refractivity contribution in [2.75, 3.05) is 4.90 Å². The maximum atomic E-state index is 10.5. The van der Waals surface area contributed by atoms with Gasteiger partial charge in [-0.05, 0) is 86.2 Å². The molecule has 0 spiro atoms. The molecule has 0 unspecified atom stereocenters. The zero-order chi connectivity index (χ0) is 23.1. The maximum absolute atomic E-state index is 10.5. The van der Waals surface area contributed by atoms with Crippen LogP contribution in [-0.2, 0) is 0 Å². The van der Waals surface area contributed by atoms with Crippen LogP contribution in [0.1, 0.15) is 34.7 Å². The minimum Gasteiger partial charge on any atom is -0.506 e. The summed E-state index contributed by atoms with van der Waals surface area (Å²) in [5.41, 5.74) is 5.78. The molecule has 0 radical (unpaired) electrons. The van der Waals surface area contributed by atoms with Crippen LogP contribution in [0.5, 0.6) is 5.75 Å². The molecule has 1 aliphatic heterocycles. The number of rotatable bonds is 4. The zero-order valence-electron chi connectivity index (χ0n) is 18.2. The molecule has 2 aromatic heterocycles. The lowest BCUT2D eigenvalue weighted by Crippen LogP contribution is -2.29. The Labute approximate surface area is 203 Å². The number of hydrogen-bond acceptors (Lipinski definition) is 3. The zero-order valence-corrected chi connectivity index (χ0v) is 19.8. The highest BCUT2D eigenvalue weighted by Gasteiger charge is 2.42. The normalized spacial score (nSPS) is 17.9. The van der Waals surface area contributed by atoms with Crippen LogP contribution in [0.25, 0.3) is 5.69 Å². The number of nitrogens with one attached hydrogen (secondary N) is 1. The second kappa shape index (κ2) is 8.54. The number of halogens is 1. The summed E-state index contributed by atoms with van der Waals surface area (Å²) < 4.78 is 2.08. The van der Waals surface area contributed by atoms with Gasteiger partial charge in [-0.25, -0.2) is 0 Å². The Bertz CT molecular complexity index is 1320. The van der Waals surface area contributed by atoms with E-state index in [4.69, 9.17) is 23.8 Å². The minimum atomic E-state index is -0.146. The van der Waals surface area contributed by atoms with E-state index in [1.54, 1.807) is 12.3 Å². The first-order valence-electron chi connectivity index (χ1n) is 10.7. The van der Waals surface area contributed by atoms with Gasteiger partial charge in [0, 0.05) is 28.3 Å². The van der Waals surface area contributed by atoms with E-state index < -0.39 is 0 Å². The molecule has 2 N–H and O–H groups in total. The van der Waals surface area contributed by atoms with Crippen LogP contribution in [0.3, 0.4) is 0 Å². The molecule has 5 rings (SSSR count). The number of nitrogens with zero attached hydrogens (tertiary/aromatic N) is 3. The van der Waals surface area contributed by atoms with Crippen LogP contribution in [0.2, 0.25) is 5.02 Å².